The van der Waals surface area contributed by atoms with Crippen molar-refractivity contribution < 1.29 is 19.6 Å². The van der Waals surface area contributed by atoms with Crippen LogP contribution < -0.4 is 0 Å². The van der Waals surface area contributed by atoms with E-state index < -0.39 is 23.0 Å². The van der Waals surface area contributed by atoms with Crippen molar-refractivity contribution in [2.24, 2.45) is 0 Å². The SMILES string of the molecule is COC(=O)CCC([C@@H](O)c1ccccc1)[N+](=O)[O-]. The standard InChI is InChI=1S/C12H15NO5/c1-18-11(14)8-7-10(13(16)17)12(15)9-5-3-2-4-6-9/h2-6,10,12,15H,7-8H2,1H3/t10?,12-/m0/s1. The Morgan fingerprint density at radius 1 is 1.44 bits per heavy atom. The third kappa shape index (κ3) is 3.81. The van der Waals surface area contributed by atoms with E-state index >= 15 is 0 Å². The minimum absolute atomic E-state index is 0.0598. The minimum atomic E-state index is -1.23. The fourth-order valence-corrected chi connectivity index (χ4v) is 1.62. The molecule has 0 spiro atoms. The van der Waals surface area contributed by atoms with Gasteiger partial charge in [-0.2, -0.15) is 0 Å². The van der Waals surface area contributed by atoms with Crippen LogP contribution in [0, 0.1) is 10.1 Å². The molecular formula is C12H15NO5. The summed E-state index contributed by atoms with van der Waals surface area (Å²) in [6.07, 6.45) is -1.38. The van der Waals surface area contributed by atoms with Gasteiger partial charge in [-0.15, -0.1) is 0 Å². The Hall–Kier alpha value is -1.95. The van der Waals surface area contributed by atoms with E-state index in [4.69, 9.17) is 0 Å². The highest BCUT2D eigenvalue weighted by Crippen LogP contribution is 2.22. The molecule has 98 valence electrons. The molecule has 0 radical (unpaired) electrons. The molecule has 6 nitrogen and oxygen atoms in total. The molecule has 0 aliphatic heterocycles. The number of aliphatic hydroxyl groups excluding tert-OH is 1. The predicted octanol–water partition coefficient (Wildman–Crippen LogP) is 1.32. The predicted molar refractivity (Wildman–Crippen MR) is 63.4 cm³/mol. The average Bonchev–Trinajstić information content (AvgIpc) is 2.39. The topological polar surface area (TPSA) is 89.7 Å². The summed E-state index contributed by atoms with van der Waals surface area (Å²) in [5.74, 6) is -0.526. The molecule has 0 bridgehead atoms. The number of hydrogen-bond acceptors (Lipinski definition) is 5. The highest BCUT2D eigenvalue weighted by atomic mass is 16.6. The molecule has 1 rings (SSSR count). The molecule has 1 unspecified atom stereocenters. The van der Waals surface area contributed by atoms with Crippen LogP contribution in [-0.2, 0) is 9.53 Å². The van der Waals surface area contributed by atoms with Crippen molar-refractivity contribution in [2.75, 3.05) is 7.11 Å². The average molecular weight is 253 g/mol. The zero-order valence-corrected chi connectivity index (χ0v) is 9.98. The van der Waals surface area contributed by atoms with Crippen LogP contribution in [0.15, 0.2) is 30.3 Å². The van der Waals surface area contributed by atoms with Crippen molar-refractivity contribution >= 4 is 5.97 Å². The van der Waals surface area contributed by atoms with E-state index in [1.807, 2.05) is 0 Å². The summed E-state index contributed by atoms with van der Waals surface area (Å²) in [6, 6.07) is 7.14. The summed E-state index contributed by atoms with van der Waals surface area (Å²) in [5, 5.41) is 20.9. The van der Waals surface area contributed by atoms with Gasteiger partial charge in [0.05, 0.1) is 13.5 Å². The number of aliphatic hydroxyl groups is 1. The molecule has 1 N–H and O–H groups in total. The first-order chi connectivity index (χ1) is 8.56. The molecule has 2 atom stereocenters. The zero-order valence-electron chi connectivity index (χ0n) is 9.98. The Morgan fingerprint density at radius 3 is 2.56 bits per heavy atom. The maximum atomic E-state index is 11.0. The van der Waals surface area contributed by atoms with Crippen LogP contribution in [0.2, 0.25) is 0 Å². The molecule has 0 saturated carbocycles. The Morgan fingerprint density at radius 2 is 2.06 bits per heavy atom. The summed E-state index contributed by atoms with van der Waals surface area (Å²) in [4.78, 5) is 21.3. The van der Waals surface area contributed by atoms with Crippen LogP contribution >= 0.6 is 0 Å². The van der Waals surface area contributed by atoms with Crippen molar-refractivity contribution in [2.45, 2.75) is 25.0 Å². The van der Waals surface area contributed by atoms with Gasteiger partial charge in [0.15, 0.2) is 0 Å². The second-order valence-electron chi connectivity index (χ2n) is 3.82. The molecular weight excluding hydrogens is 238 g/mol. The number of hydrogen-bond donors (Lipinski definition) is 1. The number of carbonyl (C=O) groups excluding carboxylic acids is 1. The summed E-state index contributed by atoms with van der Waals surface area (Å²) in [7, 11) is 1.22. The smallest absolute Gasteiger partial charge is 0.305 e. The summed E-state index contributed by atoms with van der Waals surface area (Å²) in [5.41, 5.74) is 0.462. The Labute approximate surface area is 104 Å². The Kier molecular flexibility index (Phi) is 5.26. The van der Waals surface area contributed by atoms with Crippen molar-refractivity contribution in [3.05, 3.63) is 46.0 Å². The van der Waals surface area contributed by atoms with Crippen molar-refractivity contribution in [1.29, 1.82) is 0 Å². The number of carbonyl (C=O) groups is 1. The molecule has 0 amide bonds. The molecule has 6 heteroatoms. The van der Waals surface area contributed by atoms with E-state index in [2.05, 4.69) is 4.74 Å². The number of ether oxygens (including phenoxy) is 1. The summed E-state index contributed by atoms with van der Waals surface area (Å²) in [6.45, 7) is 0. The lowest BCUT2D eigenvalue weighted by Crippen LogP contribution is -2.28. The number of rotatable bonds is 6. The lowest BCUT2D eigenvalue weighted by molar-refractivity contribution is -0.536. The van der Waals surface area contributed by atoms with Crippen molar-refractivity contribution in [3.8, 4) is 0 Å². The normalized spacial score (nSPS) is 13.7. The molecule has 0 saturated heterocycles. The lowest BCUT2D eigenvalue weighted by Gasteiger charge is -2.15. The van der Waals surface area contributed by atoms with Gasteiger partial charge in [0.2, 0.25) is 6.04 Å². The van der Waals surface area contributed by atoms with Gasteiger partial charge in [0.25, 0.3) is 0 Å². The van der Waals surface area contributed by atoms with E-state index in [0.717, 1.165) is 0 Å². The molecule has 1 aromatic rings. The van der Waals surface area contributed by atoms with Gasteiger partial charge < -0.3 is 9.84 Å². The Balaban J connectivity index is 2.73. The Bertz CT molecular complexity index is 406. The molecule has 0 aromatic heterocycles. The molecule has 0 fully saturated rings. The van der Waals surface area contributed by atoms with Crippen LogP contribution in [0.3, 0.4) is 0 Å². The second kappa shape index (κ2) is 6.70. The van der Waals surface area contributed by atoms with Crippen LogP contribution in [0.1, 0.15) is 24.5 Å². The van der Waals surface area contributed by atoms with Crippen LogP contribution in [0.5, 0.6) is 0 Å². The first-order valence-electron chi connectivity index (χ1n) is 5.49. The van der Waals surface area contributed by atoms with Gasteiger partial charge in [-0.05, 0) is 5.56 Å². The molecule has 18 heavy (non-hydrogen) atoms. The van der Waals surface area contributed by atoms with Crippen molar-refractivity contribution in [3.63, 3.8) is 0 Å². The third-order valence-corrected chi connectivity index (χ3v) is 2.65. The van der Waals surface area contributed by atoms with E-state index in [1.165, 1.54) is 7.11 Å². The first kappa shape index (κ1) is 14.1. The van der Waals surface area contributed by atoms with Gasteiger partial charge in [0, 0.05) is 11.3 Å². The third-order valence-electron chi connectivity index (χ3n) is 2.65. The second-order valence-corrected chi connectivity index (χ2v) is 3.82. The van der Waals surface area contributed by atoms with E-state index in [-0.39, 0.29) is 12.8 Å². The zero-order chi connectivity index (χ0) is 13.5. The lowest BCUT2D eigenvalue weighted by atomic mass is 9.99. The van der Waals surface area contributed by atoms with Gasteiger partial charge in [0.1, 0.15) is 6.10 Å². The number of esters is 1. The first-order valence-corrected chi connectivity index (χ1v) is 5.49. The minimum Gasteiger partial charge on any atom is -0.469 e. The highest BCUT2D eigenvalue weighted by molar-refractivity contribution is 5.69. The maximum absolute atomic E-state index is 11.0. The molecule has 0 aliphatic carbocycles. The molecule has 0 aliphatic rings. The molecule has 0 heterocycles. The summed E-state index contributed by atoms with van der Waals surface area (Å²) < 4.78 is 4.42. The molecule has 1 aromatic carbocycles. The van der Waals surface area contributed by atoms with Gasteiger partial charge >= 0.3 is 5.97 Å². The largest absolute Gasteiger partial charge is 0.469 e. The number of nitrogens with zero attached hydrogens (tertiary/aromatic N) is 1. The van der Waals surface area contributed by atoms with Crippen LogP contribution in [-0.4, -0.2) is 29.2 Å². The number of benzene rings is 1. The van der Waals surface area contributed by atoms with E-state index in [1.54, 1.807) is 30.3 Å². The quantitative estimate of drug-likeness (QED) is 0.469. The van der Waals surface area contributed by atoms with E-state index in [9.17, 15) is 20.0 Å². The highest BCUT2D eigenvalue weighted by Gasteiger charge is 2.31. The number of nitro groups is 1. The van der Waals surface area contributed by atoms with Gasteiger partial charge in [-0.3, -0.25) is 14.9 Å². The van der Waals surface area contributed by atoms with Gasteiger partial charge in [-0.25, -0.2) is 0 Å². The van der Waals surface area contributed by atoms with Crippen LogP contribution in [0.4, 0.5) is 0 Å². The van der Waals surface area contributed by atoms with Crippen molar-refractivity contribution in [1.82, 2.24) is 0 Å². The summed E-state index contributed by atoms with van der Waals surface area (Å²) >= 11 is 0. The van der Waals surface area contributed by atoms with E-state index in [0.29, 0.717) is 5.56 Å². The van der Waals surface area contributed by atoms with Crippen LogP contribution in [0.25, 0.3) is 0 Å². The fraction of sp³-hybridized carbons (Fsp3) is 0.417. The fourth-order valence-electron chi connectivity index (χ4n) is 1.62. The maximum Gasteiger partial charge on any atom is 0.305 e. The number of methoxy groups -OCH3 is 1. The van der Waals surface area contributed by atoms with Gasteiger partial charge in [-0.1, -0.05) is 30.3 Å². The monoisotopic (exact) mass is 253 g/mol.